The Balaban J connectivity index is 0.000000605. The first-order chi connectivity index (χ1) is 4.97. The molecule has 1 aromatic rings. The molecular formula is C6H6BrN3O. The zero-order valence-electron chi connectivity index (χ0n) is 5.57. The average Bonchev–Trinajstić information content (AvgIpc) is 2.05. The molecule has 0 unspecified atom stereocenters. The molecule has 1 aliphatic heterocycles. The first kappa shape index (κ1) is 8.16. The van der Waals surface area contributed by atoms with Crippen molar-refractivity contribution >= 4 is 6.08 Å². The van der Waals surface area contributed by atoms with Crippen LogP contribution in [0, 0.1) is 0 Å². The Labute approximate surface area is 74.0 Å². The Morgan fingerprint density at radius 3 is 3.18 bits per heavy atom. The van der Waals surface area contributed by atoms with E-state index in [9.17, 15) is 0 Å². The van der Waals surface area contributed by atoms with E-state index in [1.165, 1.54) is 6.33 Å². The van der Waals surface area contributed by atoms with Crippen LogP contribution in [0.3, 0.4) is 0 Å². The van der Waals surface area contributed by atoms with E-state index >= 15 is 0 Å². The molecule has 0 amide bonds. The largest absolute Gasteiger partial charge is 1.00 e. The molecular weight excluding hydrogens is 210 g/mol. The van der Waals surface area contributed by atoms with E-state index in [1.807, 2.05) is 6.08 Å². The lowest BCUT2D eigenvalue weighted by atomic mass is 10.3. The van der Waals surface area contributed by atoms with E-state index in [0.29, 0.717) is 5.75 Å². The van der Waals surface area contributed by atoms with Crippen molar-refractivity contribution in [1.82, 2.24) is 9.97 Å². The van der Waals surface area contributed by atoms with Gasteiger partial charge in [-0.25, -0.2) is 9.97 Å². The summed E-state index contributed by atoms with van der Waals surface area (Å²) in [6.45, 7) is 0. The Hall–Kier alpha value is -0.940. The number of hydroxylamine groups is 1. The van der Waals surface area contributed by atoms with Gasteiger partial charge >= 0.3 is 0 Å². The van der Waals surface area contributed by atoms with Crippen molar-refractivity contribution in [3.05, 3.63) is 24.4 Å². The summed E-state index contributed by atoms with van der Waals surface area (Å²) in [5, 5.41) is 0. The molecule has 0 atom stereocenters. The SMILES string of the molecule is C1=Cc2ncncc2O[NH2+]1.[Br-]. The molecule has 11 heavy (non-hydrogen) atoms. The number of rotatable bonds is 0. The number of fused-ring (bicyclic) bond motifs is 1. The fraction of sp³-hybridized carbons (Fsp3) is 0. The fourth-order valence-corrected chi connectivity index (χ4v) is 0.785. The van der Waals surface area contributed by atoms with E-state index in [0.717, 1.165) is 5.69 Å². The first-order valence-electron chi connectivity index (χ1n) is 2.93. The summed E-state index contributed by atoms with van der Waals surface area (Å²) in [5.41, 5.74) is 2.43. The third kappa shape index (κ3) is 1.55. The van der Waals surface area contributed by atoms with Crippen LogP contribution in [0.1, 0.15) is 5.69 Å². The minimum absolute atomic E-state index is 0. The Morgan fingerprint density at radius 2 is 2.36 bits per heavy atom. The van der Waals surface area contributed by atoms with Crippen LogP contribution in [0.5, 0.6) is 5.75 Å². The first-order valence-corrected chi connectivity index (χ1v) is 2.93. The Bertz CT molecular complexity index is 276. The second kappa shape index (κ2) is 3.45. The average molecular weight is 216 g/mol. The molecule has 2 heterocycles. The summed E-state index contributed by atoms with van der Waals surface area (Å²) < 4.78 is 0. The van der Waals surface area contributed by atoms with E-state index in [-0.39, 0.29) is 17.0 Å². The highest BCUT2D eigenvalue weighted by Gasteiger charge is 2.07. The maximum atomic E-state index is 5.09. The van der Waals surface area contributed by atoms with E-state index in [4.69, 9.17) is 4.84 Å². The quantitative estimate of drug-likeness (QED) is 0.486. The van der Waals surface area contributed by atoms with Crippen LogP contribution in [0.2, 0.25) is 0 Å². The van der Waals surface area contributed by atoms with Crippen LogP contribution >= 0.6 is 0 Å². The van der Waals surface area contributed by atoms with Gasteiger partial charge in [0.1, 0.15) is 18.2 Å². The summed E-state index contributed by atoms with van der Waals surface area (Å²) in [4.78, 5) is 12.9. The minimum atomic E-state index is 0. The van der Waals surface area contributed by atoms with Crippen LogP contribution in [0.4, 0.5) is 0 Å². The smallest absolute Gasteiger partial charge is 0.234 e. The number of hydrogen-bond acceptors (Lipinski definition) is 3. The van der Waals surface area contributed by atoms with Crippen molar-refractivity contribution in [2.24, 2.45) is 0 Å². The summed E-state index contributed by atoms with van der Waals surface area (Å²) in [7, 11) is 0. The Kier molecular flexibility index (Phi) is 2.56. The lowest BCUT2D eigenvalue weighted by Gasteiger charge is -2.04. The molecule has 0 fully saturated rings. The van der Waals surface area contributed by atoms with Crippen molar-refractivity contribution in [3.63, 3.8) is 0 Å². The molecule has 5 heteroatoms. The zero-order chi connectivity index (χ0) is 6.81. The van der Waals surface area contributed by atoms with E-state index in [2.05, 4.69) is 9.97 Å². The molecule has 0 bridgehead atoms. The molecule has 2 rings (SSSR count). The fourth-order valence-electron chi connectivity index (χ4n) is 0.785. The van der Waals surface area contributed by atoms with Gasteiger partial charge in [0, 0.05) is 6.08 Å². The molecule has 1 aliphatic rings. The molecule has 0 aromatic carbocycles. The maximum Gasteiger partial charge on any atom is 0.234 e. The van der Waals surface area contributed by atoms with Crippen LogP contribution in [0.25, 0.3) is 6.08 Å². The number of nitrogens with two attached hydrogens (primary N) is 1. The van der Waals surface area contributed by atoms with Gasteiger partial charge in [0.15, 0.2) is 0 Å². The number of aromatic nitrogens is 2. The minimum Gasteiger partial charge on any atom is -1.00 e. The van der Waals surface area contributed by atoms with Crippen LogP contribution in [0.15, 0.2) is 18.7 Å². The van der Waals surface area contributed by atoms with Crippen molar-refractivity contribution in [2.45, 2.75) is 0 Å². The third-order valence-corrected chi connectivity index (χ3v) is 1.24. The predicted octanol–water partition coefficient (Wildman–Crippen LogP) is -3.68. The lowest BCUT2D eigenvalue weighted by molar-refractivity contribution is -0.807. The van der Waals surface area contributed by atoms with Gasteiger partial charge in [-0.05, 0) is 0 Å². The number of hydrogen-bond donors (Lipinski definition) is 1. The molecule has 0 spiro atoms. The molecule has 1 aromatic heterocycles. The Morgan fingerprint density at radius 1 is 1.45 bits per heavy atom. The maximum absolute atomic E-state index is 5.09. The van der Waals surface area contributed by atoms with Gasteiger partial charge in [0.2, 0.25) is 5.75 Å². The van der Waals surface area contributed by atoms with Gasteiger partial charge in [-0.2, -0.15) is 0 Å². The number of quaternary nitrogens is 1. The highest BCUT2D eigenvalue weighted by Crippen LogP contribution is 2.13. The molecule has 0 saturated heterocycles. The van der Waals surface area contributed by atoms with Crippen molar-refractivity contribution < 1.29 is 27.3 Å². The van der Waals surface area contributed by atoms with Crippen LogP contribution in [-0.2, 0) is 0 Å². The van der Waals surface area contributed by atoms with Gasteiger partial charge in [-0.3, -0.25) is 0 Å². The standard InChI is InChI=1S/C6H5N3O.BrH/c1-2-9-10-6-3-7-4-8-5(1)6;/h1-4,9H;1H. The van der Waals surface area contributed by atoms with Gasteiger partial charge in [0.05, 0.1) is 6.20 Å². The number of nitrogens with zero attached hydrogens (tertiary/aromatic N) is 2. The lowest BCUT2D eigenvalue weighted by Crippen LogP contribution is -3.00. The molecule has 0 radical (unpaired) electrons. The zero-order valence-corrected chi connectivity index (χ0v) is 7.15. The summed E-state index contributed by atoms with van der Waals surface area (Å²) in [6, 6.07) is 0. The molecule has 0 saturated carbocycles. The predicted molar refractivity (Wildman–Crippen MR) is 33.6 cm³/mol. The summed E-state index contributed by atoms with van der Waals surface area (Å²) in [5.74, 6) is 0.713. The van der Waals surface area contributed by atoms with Crippen LogP contribution in [-0.4, -0.2) is 9.97 Å². The van der Waals surface area contributed by atoms with Gasteiger partial charge < -0.3 is 21.8 Å². The van der Waals surface area contributed by atoms with Gasteiger partial charge in [-0.15, -0.1) is 5.48 Å². The van der Waals surface area contributed by atoms with Crippen LogP contribution < -0.4 is 27.3 Å². The molecule has 58 valence electrons. The van der Waals surface area contributed by atoms with Crippen molar-refractivity contribution in [1.29, 1.82) is 0 Å². The summed E-state index contributed by atoms with van der Waals surface area (Å²) >= 11 is 0. The normalized spacial score (nSPS) is 12.7. The monoisotopic (exact) mass is 215 g/mol. The van der Waals surface area contributed by atoms with E-state index < -0.39 is 0 Å². The van der Waals surface area contributed by atoms with Gasteiger partial charge in [-0.1, -0.05) is 0 Å². The second-order valence-electron chi connectivity index (χ2n) is 1.89. The number of halogens is 1. The van der Waals surface area contributed by atoms with Crippen molar-refractivity contribution in [2.75, 3.05) is 0 Å². The highest BCUT2D eigenvalue weighted by molar-refractivity contribution is 5.50. The summed E-state index contributed by atoms with van der Waals surface area (Å²) in [6.07, 6.45) is 6.82. The van der Waals surface area contributed by atoms with Crippen molar-refractivity contribution in [3.8, 4) is 5.75 Å². The third-order valence-electron chi connectivity index (χ3n) is 1.24. The molecule has 2 N–H and O–H groups in total. The molecule has 0 aliphatic carbocycles. The second-order valence-corrected chi connectivity index (χ2v) is 1.89. The highest BCUT2D eigenvalue weighted by atomic mass is 79.9. The topological polar surface area (TPSA) is 51.6 Å². The van der Waals surface area contributed by atoms with E-state index in [1.54, 1.807) is 17.9 Å². The van der Waals surface area contributed by atoms with Gasteiger partial charge in [0.25, 0.3) is 0 Å². The molecule has 4 nitrogen and oxygen atoms in total.